The summed E-state index contributed by atoms with van der Waals surface area (Å²) in [4.78, 5) is 0. The predicted octanol–water partition coefficient (Wildman–Crippen LogP) is 2.07. The van der Waals surface area contributed by atoms with E-state index >= 15 is 0 Å². The van der Waals surface area contributed by atoms with E-state index in [0.29, 0.717) is 6.04 Å². The topological polar surface area (TPSA) is 21.3 Å². The van der Waals surface area contributed by atoms with Crippen molar-refractivity contribution >= 4 is 0 Å². The van der Waals surface area contributed by atoms with Crippen molar-refractivity contribution < 1.29 is 4.74 Å². The number of nitrogens with one attached hydrogen (secondary N) is 1. The average Bonchev–Trinajstić information content (AvgIpc) is 2.59. The fourth-order valence-corrected chi connectivity index (χ4v) is 1.52. The van der Waals surface area contributed by atoms with Crippen LogP contribution in [0.25, 0.3) is 0 Å². The number of ether oxygens (including phenoxy) is 1. The Morgan fingerprint density at radius 1 is 1.67 bits per heavy atom. The Labute approximate surface area is 75.0 Å². The van der Waals surface area contributed by atoms with Crippen molar-refractivity contribution in [1.82, 2.24) is 5.32 Å². The molecule has 0 fully saturated rings. The zero-order valence-electron chi connectivity index (χ0n) is 8.10. The van der Waals surface area contributed by atoms with Gasteiger partial charge in [0.15, 0.2) is 0 Å². The lowest BCUT2D eigenvalue weighted by Gasteiger charge is -2.16. The summed E-state index contributed by atoms with van der Waals surface area (Å²) < 4.78 is 5.50. The van der Waals surface area contributed by atoms with Crippen molar-refractivity contribution in [2.45, 2.75) is 38.6 Å². The first-order valence-electron chi connectivity index (χ1n) is 4.88. The molecule has 0 aromatic rings. The van der Waals surface area contributed by atoms with Crippen molar-refractivity contribution in [3.63, 3.8) is 0 Å². The van der Waals surface area contributed by atoms with E-state index in [0.717, 1.165) is 18.8 Å². The molecule has 1 N–H and O–H groups in total. The maximum atomic E-state index is 5.50. The zero-order chi connectivity index (χ0) is 8.81. The summed E-state index contributed by atoms with van der Waals surface area (Å²) in [7, 11) is 2.00. The third-order valence-corrected chi connectivity index (χ3v) is 2.27. The average molecular weight is 169 g/mol. The lowest BCUT2D eigenvalue weighted by molar-refractivity contribution is 0.213. The summed E-state index contributed by atoms with van der Waals surface area (Å²) in [5.74, 6) is 1.16. The molecule has 0 aromatic heterocycles. The van der Waals surface area contributed by atoms with Crippen LogP contribution < -0.4 is 5.32 Å². The van der Waals surface area contributed by atoms with Gasteiger partial charge in [0, 0.05) is 6.42 Å². The molecule has 2 heteroatoms. The molecule has 1 unspecified atom stereocenters. The minimum Gasteiger partial charge on any atom is -0.496 e. The van der Waals surface area contributed by atoms with Crippen LogP contribution in [0, 0.1) is 0 Å². The molecule has 2 nitrogen and oxygen atoms in total. The number of hydrogen-bond donors (Lipinski definition) is 1. The molecule has 1 heterocycles. The van der Waals surface area contributed by atoms with E-state index in [9.17, 15) is 0 Å². The first-order valence-corrected chi connectivity index (χ1v) is 4.88. The summed E-state index contributed by atoms with van der Waals surface area (Å²) in [5, 5.41) is 3.29. The SMILES string of the molecule is CCCCC(NC)C1=CCCO1. The van der Waals surface area contributed by atoms with Crippen LogP contribution >= 0.6 is 0 Å². The summed E-state index contributed by atoms with van der Waals surface area (Å²) in [5.41, 5.74) is 0. The van der Waals surface area contributed by atoms with E-state index in [1.54, 1.807) is 0 Å². The lowest BCUT2D eigenvalue weighted by Crippen LogP contribution is -2.27. The molecule has 1 rings (SSSR count). The molecule has 0 saturated heterocycles. The Balaban J connectivity index is 2.33. The van der Waals surface area contributed by atoms with Gasteiger partial charge in [-0.25, -0.2) is 0 Å². The molecule has 0 amide bonds. The van der Waals surface area contributed by atoms with Crippen LogP contribution in [-0.2, 0) is 4.74 Å². The highest BCUT2D eigenvalue weighted by molar-refractivity contribution is 5.06. The van der Waals surface area contributed by atoms with Gasteiger partial charge in [0.05, 0.1) is 12.6 Å². The first-order chi connectivity index (χ1) is 5.88. The van der Waals surface area contributed by atoms with Crippen LogP contribution in [0.1, 0.15) is 32.6 Å². The van der Waals surface area contributed by atoms with Crippen molar-refractivity contribution in [3.05, 3.63) is 11.8 Å². The van der Waals surface area contributed by atoms with Crippen LogP contribution in [0.4, 0.5) is 0 Å². The molecule has 1 atom stereocenters. The lowest BCUT2D eigenvalue weighted by atomic mass is 10.1. The van der Waals surface area contributed by atoms with Crippen molar-refractivity contribution in [1.29, 1.82) is 0 Å². The summed E-state index contributed by atoms with van der Waals surface area (Å²) >= 11 is 0. The molecule has 0 radical (unpaired) electrons. The van der Waals surface area contributed by atoms with Crippen molar-refractivity contribution in [3.8, 4) is 0 Å². The quantitative estimate of drug-likeness (QED) is 0.680. The van der Waals surface area contributed by atoms with Gasteiger partial charge >= 0.3 is 0 Å². The van der Waals surface area contributed by atoms with E-state index in [1.807, 2.05) is 7.05 Å². The van der Waals surface area contributed by atoms with E-state index in [2.05, 4.69) is 18.3 Å². The van der Waals surface area contributed by atoms with Crippen LogP contribution in [0.2, 0.25) is 0 Å². The maximum Gasteiger partial charge on any atom is 0.109 e. The van der Waals surface area contributed by atoms with Gasteiger partial charge in [0.2, 0.25) is 0 Å². The largest absolute Gasteiger partial charge is 0.496 e. The van der Waals surface area contributed by atoms with Crippen LogP contribution in [-0.4, -0.2) is 19.7 Å². The smallest absolute Gasteiger partial charge is 0.109 e. The summed E-state index contributed by atoms with van der Waals surface area (Å²) in [6.07, 6.45) is 7.01. The Hall–Kier alpha value is -0.500. The van der Waals surface area contributed by atoms with Crippen LogP contribution in [0.15, 0.2) is 11.8 Å². The highest BCUT2D eigenvalue weighted by Crippen LogP contribution is 2.17. The molecule has 12 heavy (non-hydrogen) atoms. The van der Waals surface area contributed by atoms with Crippen LogP contribution in [0.3, 0.4) is 0 Å². The Morgan fingerprint density at radius 3 is 3.00 bits per heavy atom. The third kappa shape index (κ3) is 2.52. The van der Waals surface area contributed by atoms with Crippen LogP contribution in [0.5, 0.6) is 0 Å². The van der Waals surface area contributed by atoms with E-state index < -0.39 is 0 Å². The molecule has 1 aliphatic rings. The molecule has 0 aliphatic carbocycles. The first kappa shape index (κ1) is 9.59. The molecule has 1 aliphatic heterocycles. The highest BCUT2D eigenvalue weighted by atomic mass is 16.5. The van der Waals surface area contributed by atoms with E-state index in [1.165, 1.54) is 19.3 Å². The number of rotatable bonds is 5. The van der Waals surface area contributed by atoms with Gasteiger partial charge in [-0.05, 0) is 19.5 Å². The van der Waals surface area contributed by atoms with Crippen molar-refractivity contribution in [2.24, 2.45) is 0 Å². The van der Waals surface area contributed by atoms with E-state index in [-0.39, 0.29) is 0 Å². The fraction of sp³-hybridized carbons (Fsp3) is 0.800. The van der Waals surface area contributed by atoms with E-state index in [4.69, 9.17) is 4.74 Å². The summed E-state index contributed by atoms with van der Waals surface area (Å²) in [6, 6.07) is 0.451. The molecule has 0 spiro atoms. The van der Waals surface area contributed by atoms with Gasteiger partial charge in [-0.2, -0.15) is 0 Å². The van der Waals surface area contributed by atoms with Gasteiger partial charge in [-0.1, -0.05) is 19.8 Å². The van der Waals surface area contributed by atoms with Gasteiger partial charge in [-0.3, -0.25) is 0 Å². The van der Waals surface area contributed by atoms with Gasteiger partial charge < -0.3 is 10.1 Å². The third-order valence-electron chi connectivity index (χ3n) is 2.27. The molecular weight excluding hydrogens is 150 g/mol. The Kier molecular flexibility index (Phi) is 4.15. The number of hydrogen-bond acceptors (Lipinski definition) is 2. The second-order valence-corrected chi connectivity index (χ2v) is 3.23. The molecule has 0 aromatic carbocycles. The predicted molar refractivity (Wildman–Crippen MR) is 51.0 cm³/mol. The maximum absolute atomic E-state index is 5.50. The zero-order valence-corrected chi connectivity index (χ0v) is 8.10. The second-order valence-electron chi connectivity index (χ2n) is 3.23. The van der Waals surface area contributed by atoms with Gasteiger partial charge in [0.25, 0.3) is 0 Å². The second kappa shape index (κ2) is 5.20. The normalized spacial score (nSPS) is 18.7. The van der Waals surface area contributed by atoms with Gasteiger partial charge in [-0.15, -0.1) is 0 Å². The minimum atomic E-state index is 0.451. The highest BCUT2D eigenvalue weighted by Gasteiger charge is 2.15. The fourth-order valence-electron chi connectivity index (χ4n) is 1.52. The monoisotopic (exact) mass is 169 g/mol. The molecule has 70 valence electrons. The number of likely N-dealkylation sites (N-methyl/N-ethyl adjacent to an activating group) is 1. The molecule has 0 saturated carbocycles. The number of unbranched alkanes of at least 4 members (excludes halogenated alkanes) is 1. The minimum absolute atomic E-state index is 0.451. The summed E-state index contributed by atoms with van der Waals surface area (Å²) in [6.45, 7) is 3.09. The standard InChI is InChI=1S/C10H19NO/c1-3-4-6-9(11-2)10-7-5-8-12-10/h7,9,11H,3-6,8H2,1-2H3. The Bertz CT molecular complexity index is 154. The van der Waals surface area contributed by atoms with Crippen molar-refractivity contribution in [2.75, 3.05) is 13.7 Å². The van der Waals surface area contributed by atoms with Gasteiger partial charge in [0.1, 0.15) is 5.76 Å². The Morgan fingerprint density at radius 2 is 2.50 bits per heavy atom. The molecule has 0 bridgehead atoms. The molecular formula is C10H19NO.